The van der Waals surface area contributed by atoms with Crippen molar-refractivity contribution in [2.45, 2.75) is 86.5 Å². The van der Waals surface area contributed by atoms with Crippen LogP contribution in [0.3, 0.4) is 0 Å². The number of hydrogen-bond acceptors (Lipinski definition) is 2. The molecule has 0 saturated heterocycles. The summed E-state index contributed by atoms with van der Waals surface area (Å²) < 4.78 is 0. The molecular weight excluding hydrogens is 284 g/mol. The van der Waals surface area contributed by atoms with E-state index >= 15 is 0 Å². The van der Waals surface area contributed by atoms with E-state index < -0.39 is 0 Å². The highest BCUT2D eigenvalue weighted by molar-refractivity contribution is 6.05. The van der Waals surface area contributed by atoms with E-state index in [2.05, 4.69) is 41.5 Å². The summed E-state index contributed by atoms with van der Waals surface area (Å²) in [5, 5.41) is 0. The lowest BCUT2D eigenvalue weighted by molar-refractivity contribution is -0.134. The smallest absolute Gasteiger partial charge is 0.146 e. The van der Waals surface area contributed by atoms with Crippen LogP contribution in [0.4, 0.5) is 0 Å². The molecule has 1 fully saturated rings. The zero-order valence-electron chi connectivity index (χ0n) is 16.2. The lowest BCUT2D eigenvalue weighted by atomic mass is 9.84. The first-order valence-electron chi connectivity index (χ1n) is 9.82. The summed E-state index contributed by atoms with van der Waals surface area (Å²) in [6, 6.07) is 0. The molecule has 0 bridgehead atoms. The molecule has 1 saturated carbocycles. The van der Waals surface area contributed by atoms with E-state index in [4.69, 9.17) is 0 Å². The molecule has 4 atom stereocenters. The molecule has 1 aliphatic rings. The Balaban J connectivity index is 2.77. The molecule has 134 valence electrons. The molecule has 0 heterocycles. The molecule has 0 amide bonds. The Morgan fingerprint density at radius 3 is 2.22 bits per heavy atom. The molecule has 2 nitrogen and oxygen atoms in total. The van der Waals surface area contributed by atoms with E-state index in [9.17, 15) is 9.59 Å². The molecule has 1 aliphatic carbocycles. The highest BCUT2D eigenvalue weighted by Gasteiger charge is 2.45. The summed E-state index contributed by atoms with van der Waals surface area (Å²) in [5.41, 5.74) is 0. The fourth-order valence-corrected chi connectivity index (χ4v) is 3.81. The predicted octanol–water partition coefficient (Wildman–Crippen LogP) is 5.69. The van der Waals surface area contributed by atoms with Crippen molar-refractivity contribution >= 4 is 11.6 Å². The Bertz CT molecular complexity index is 383. The second kappa shape index (κ2) is 9.59. The van der Waals surface area contributed by atoms with E-state index in [1.165, 1.54) is 0 Å². The van der Waals surface area contributed by atoms with Crippen LogP contribution in [0.25, 0.3) is 0 Å². The SMILES string of the molecule is CCC(C)CC1CC(CCC(C)C)C(C(=O)CCC(C)C)C1=O. The van der Waals surface area contributed by atoms with Gasteiger partial charge in [0, 0.05) is 12.3 Å². The van der Waals surface area contributed by atoms with Crippen molar-refractivity contribution in [1.29, 1.82) is 0 Å². The summed E-state index contributed by atoms with van der Waals surface area (Å²) >= 11 is 0. The summed E-state index contributed by atoms with van der Waals surface area (Å²) in [6.07, 6.45) is 6.71. The van der Waals surface area contributed by atoms with Crippen molar-refractivity contribution in [1.82, 2.24) is 0 Å². The molecule has 23 heavy (non-hydrogen) atoms. The van der Waals surface area contributed by atoms with E-state index in [0.29, 0.717) is 30.1 Å². The van der Waals surface area contributed by atoms with Crippen LogP contribution in [0, 0.1) is 35.5 Å². The minimum absolute atomic E-state index is 0.134. The quantitative estimate of drug-likeness (QED) is 0.484. The van der Waals surface area contributed by atoms with Crippen molar-refractivity contribution in [3.63, 3.8) is 0 Å². The number of carbonyl (C=O) groups excluding carboxylic acids is 2. The monoisotopic (exact) mass is 322 g/mol. The Morgan fingerprint density at radius 1 is 1.09 bits per heavy atom. The minimum atomic E-state index is -0.290. The summed E-state index contributed by atoms with van der Waals surface area (Å²) in [6.45, 7) is 13.2. The highest BCUT2D eigenvalue weighted by atomic mass is 16.2. The van der Waals surface area contributed by atoms with Gasteiger partial charge in [0.05, 0.1) is 5.92 Å². The van der Waals surface area contributed by atoms with Crippen molar-refractivity contribution in [2.24, 2.45) is 35.5 Å². The van der Waals surface area contributed by atoms with Gasteiger partial charge >= 0.3 is 0 Å². The third-order valence-corrected chi connectivity index (χ3v) is 5.58. The summed E-state index contributed by atoms with van der Waals surface area (Å²) in [5.74, 6) is 2.40. The number of hydrogen-bond donors (Lipinski definition) is 0. The van der Waals surface area contributed by atoms with Gasteiger partial charge in [-0.25, -0.2) is 0 Å². The van der Waals surface area contributed by atoms with Crippen LogP contribution < -0.4 is 0 Å². The van der Waals surface area contributed by atoms with E-state index in [-0.39, 0.29) is 23.4 Å². The van der Waals surface area contributed by atoms with Gasteiger partial charge < -0.3 is 0 Å². The van der Waals surface area contributed by atoms with Crippen molar-refractivity contribution in [2.75, 3.05) is 0 Å². The lowest BCUT2D eigenvalue weighted by Gasteiger charge is -2.18. The van der Waals surface area contributed by atoms with E-state index in [1.807, 2.05) is 0 Å². The van der Waals surface area contributed by atoms with Gasteiger partial charge in [0.1, 0.15) is 11.6 Å². The number of rotatable bonds is 10. The fourth-order valence-electron chi connectivity index (χ4n) is 3.81. The Labute approximate surface area is 143 Å². The van der Waals surface area contributed by atoms with E-state index in [1.54, 1.807) is 0 Å². The van der Waals surface area contributed by atoms with Gasteiger partial charge in [0.25, 0.3) is 0 Å². The molecule has 0 aromatic heterocycles. The van der Waals surface area contributed by atoms with Gasteiger partial charge in [0.2, 0.25) is 0 Å². The van der Waals surface area contributed by atoms with Crippen molar-refractivity contribution in [3.8, 4) is 0 Å². The Hall–Kier alpha value is -0.660. The molecule has 0 spiro atoms. The molecule has 1 rings (SSSR count). The van der Waals surface area contributed by atoms with E-state index in [0.717, 1.165) is 38.5 Å². The topological polar surface area (TPSA) is 34.1 Å². The second-order valence-electron chi connectivity index (χ2n) is 8.69. The maximum atomic E-state index is 12.9. The van der Waals surface area contributed by atoms with Gasteiger partial charge in [-0.15, -0.1) is 0 Å². The number of ketones is 2. The van der Waals surface area contributed by atoms with Crippen LogP contribution in [0.1, 0.15) is 86.5 Å². The normalized spacial score (nSPS) is 26.3. The Kier molecular flexibility index (Phi) is 8.50. The Morgan fingerprint density at radius 2 is 1.70 bits per heavy atom. The average Bonchev–Trinajstić information content (AvgIpc) is 2.78. The van der Waals surface area contributed by atoms with Gasteiger partial charge in [-0.05, 0) is 49.4 Å². The predicted molar refractivity (Wildman–Crippen MR) is 97.3 cm³/mol. The van der Waals surface area contributed by atoms with Crippen LogP contribution in [0.2, 0.25) is 0 Å². The zero-order chi connectivity index (χ0) is 17.6. The maximum absolute atomic E-state index is 12.9. The molecule has 4 unspecified atom stereocenters. The van der Waals surface area contributed by atoms with Gasteiger partial charge in [-0.1, -0.05) is 54.4 Å². The molecule has 0 N–H and O–H groups in total. The second-order valence-corrected chi connectivity index (χ2v) is 8.69. The molecule has 0 aromatic rings. The van der Waals surface area contributed by atoms with Gasteiger partial charge in [0.15, 0.2) is 0 Å². The van der Waals surface area contributed by atoms with Crippen molar-refractivity contribution in [3.05, 3.63) is 0 Å². The first kappa shape index (κ1) is 20.4. The van der Waals surface area contributed by atoms with Crippen LogP contribution in [0.5, 0.6) is 0 Å². The van der Waals surface area contributed by atoms with Crippen molar-refractivity contribution < 1.29 is 9.59 Å². The zero-order valence-corrected chi connectivity index (χ0v) is 16.2. The van der Waals surface area contributed by atoms with Crippen LogP contribution >= 0.6 is 0 Å². The number of Topliss-reactive ketones (excluding diaryl/α,β-unsaturated/α-hetero) is 2. The first-order chi connectivity index (χ1) is 10.8. The molecule has 0 radical (unpaired) electrons. The highest BCUT2D eigenvalue weighted by Crippen LogP contribution is 2.41. The van der Waals surface area contributed by atoms with Crippen LogP contribution in [-0.2, 0) is 9.59 Å². The minimum Gasteiger partial charge on any atom is -0.299 e. The standard InChI is InChI=1S/C21H38O2/c1-7-16(6)12-18-13-17(10-8-14(2)3)20(21(18)23)19(22)11-9-15(4)5/h14-18,20H,7-13H2,1-6H3. The average molecular weight is 323 g/mol. The summed E-state index contributed by atoms with van der Waals surface area (Å²) in [4.78, 5) is 25.6. The number of carbonyl (C=O) groups is 2. The first-order valence-corrected chi connectivity index (χ1v) is 9.82. The van der Waals surface area contributed by atoms with Gasteiger partial charge in [-0.2, -0.15) is 0 Å². The van der Waals surface area contributed by atoms with Crippen LogP contribution in [0.15, 0.2) is 0 Å². The van der Waals surface area contributed by atoms with Crippen LogP contribution in [-0.4, -0.2) is 11.6 Å². The molecular formula is C21H38O2. The molecule has 0 aromatic carbocycles. The molecule has 2 heteroatoms. The lowest BCUT2D eigenvalue weighted by Crippen LogP contribution is -2.27. The fraction of sp³-hybridized carbons (Fsp3) is 0.905. The third kappa shape index (κ3) is 6.39. The largest absolute Gasteiger partial charge is 0.299 e. The molecule has 0 aliphatic heterocycles. The maximum Gasteiger partial charge on any atom is 0.146 e. The third-order valence-electron chi connectivity index (χ3n) is 5.58. The summed E-state index contributed by atoms with van der Waals surface area (Å²) in [7, 11) is 0. The van der Waals surface area contributed by atoms with Gasteiger partial charge in [-0.3, -0.25) is 9.59 Å².